The zero-order valence-electron chi connectivity index (χ0n) is 12.9. The highest BCUT2D eigenvalue weighted by Crippen LogP contribution is 2.26. The molecule has 1 fully saturated rings. The Morgan fingerprint density at radius 1 is 1.52 bits per heavy atom. The number of hydrogen-bond acceptors (Lipinski definition) is 5. The molecular weight excluding hydrogens is 292 g/mol. The minimum absolute atomic E-state index is 0.0116. The third-order valence-corrected chi connectivity index (χ3v) is 5.61. The minimum Gasteiger partial charge on any atom is -0.464 e. The quantitative estimate of drug-likeness (QED) is 0.861. The number of nitrogens with zero attached hydrogens (tertiary/aromatic N) is 1. The first-order valence-corrected chi connectivity index (χ1v) is 8.78. The van der Waals surface area contributed by atoms with Gasteiger partial charge in [0, 0.05) is 25.8 Å². The number of piperidine rings is 1. The molecule has 21 heavy (non-hydrogen) atoms. The van der Waals surface area contributed by atoms with Gasteiger partial charge < -0.3 is 14.5 Å². The smallest absolute Gasteiger partial charge is 0.246 e. The van der Waals surface area contributed by atoms with Crippen LogP contribution in [0.25, 0.3) is 0 Å². The van der Waals surface area contributed by atoms with Gasteiger partial charge >= 0.3 is 0 Å². The maximum absolute atomic E-state index is 12.8. The maximum Gasteiger partial charge on any atom is 0.246 e. The molecule has 120 valence electrons. The average Bonchev–Trinajstić information content (AvgIpc) is 2.81. The minimum atomic E-state index is -3.51. The summed E-state index contributed by atoms with van der Waals surface area (Å²) in [5.74, 6) is 1.07. The fourth-order valence-electron chi connectivity index (χ4n) is 2.68. The normalized spacial score (nSPS) is 20.8. The molecule has 0 spiro atoms. The van der Waals surface area contributed by atoms with E-state index >= 15 is 0 Å². The van der Waals surface area contributed by atoms with Crippen LogP contribution in [0.4, 0.5) is 0 Å². The van der Waals surface area contributed by atoms with Gasteiger partial charge in [-0.05, 0) is 33.7 Å². The number of hydrogen-bond donors (Lipinski definition) is 1. The summed E-state index contributed by atoms with van der Waals surface area (Å²) in [5.41, 5.74) is 0. The molecule has 1 unspecified atom stereocenters. The number of ether oxygens (including phenoxy) is 1. The van der Waals surface area contributed by atoms with Crippen LogP contribution < -0.4 is 5.32 Å². The summed E-state index contributed by atoms with van der Waals surface area (Å²) in [7, 11) is -1.71. The molecule has 2 heterocycles. The van der Waals surface area contributed by atoms with Gasteiger partial charge in [0.25, 0.3) is 0 Å². The van der Waals surface area contributed by atoms with Crippen LogP contribution in [-0.4, -0.2) is 45.6 Å². The summed E-state index contributed by atoms with van der Waals surface area (Å²) in [5, 5.41) is 2.96. The third kappa shape index (κ3) is 3.66. The summed E-state index contributed by atoms with van der Waals surface area (Å²) < 4.78 is 38.1. The van der Waals surface area contributed by atoms with E-state index in [1.165, 1.54) is 4.31 Å². The zero-order chi connectivity index (χ0) is 15.5. The molecule has 1 aliphatic rings. The predicted octanol–water partition coefficient (Wildman–Crippen LogP) is 1.50. The number of nitrogens with one attached hydrogen (secondary N) is 1. The first-order valence-electron chi connectivity index (χ1n) is 7.34. The highest BCUT2D eigenvalue weighted by Gasteiger charge is 2.33. The average molecular weight is 316 g/mol. The highest BCUT2D eigenvalue weighted by molar-refractivity contribution is 7.89. The Morgan fingerprint density at radius 3 is 2.95 bits per heavy atom. The molecule has 1 aromatic heterocycles. The monoisotopic (exact) mass is 316 g/mol. The molecule has 0 aromatic carbocycles. The molecule has 0 bridgehead atoms. The molecule has 2 rings (SSSR count). The number of furan rings is 1. The second-order valence-electron chi connectivity index (χ2n) is 5.25. The Morgan fingerprint density at radius 2 is 2.29 bits per heavy atom. The van der Waals surface area contributed by atoms with E-state index < -0.39 is 10.0 Å². The Hall–Kier alpha value is -0.890. The van der Waals surface area contributed by atoms with Gasteiger partial charge in [0.2, 0.25) is 10.0 Å². The van der Waals surface area contributed by atoms with E-state index in [0.29, 0.717) is 37.8 Å². The molecule has 6 nitrogen and oxygen atoms in total. The molecule has 0 saturated carbocycles. The Labute approximate surface area is 126 Å². The number of aryl methyl sites for hydroxylation is 1. The van der Waals surface area contributed by atoms with Crippen molar-refractivity contribution in [2.75, 3.05) is 26.7 Å². The largest absolute Gasteiger partial charge is 0.464 e. The topological polar surface area (TPSA) is 71.8 Å². The zero-order valence-corrected chi connectivity index (χ0v) is 13.7. The van der Waals surface area contributed by atoms with Crippen molar-refractivity contribution in [1.82, 2.24) is 9.62 Å². The SMILES string of the molecule is CCOC1CCCN(S(=O)(=O)c2cc(CNC)oc2C)C1. The lowest BCUT2D eigenvalue weighted by Gasteiger charge is -2.31. The van der Waals surface area contributed by atoms with E-state index in [2.05, 4.69) is 5.32 Å². The number of rotatable bonds is 6. The van der Waals surface area contributed by atoms with Gasteiger partial charge in [-0.25, -0.2) is 8.42 Å². The lowest BCUT2D eigenvalue weighted by Crippen LogP contribution is -2.43. The summed E-state index contributed by atoms with van der Waals surface area (Å²) in [6, 6.07) is 1.62. The van der Waals surface area contributed by atoms with Crippen molar-refractivity contribution in [3.05, 3.63) is 17.6 Å². The van der Waals surface area contributed by atoms with Gasteiger partial charge in [0.1, 0.15) is 16.4 Å². The second kappa shape index (κ2) is 6.91. The van der Waals surface area contributed by atoms with Crippen LogP contribution >= 0.6 is 0 Å². The Kier molecular flexibility index (Phi) is 5.43. The second-order valence-corrected chi connectivity index (χ2v) is 7.15. The predicted molar refractivity (Wildman–Crippen MR) is 79.6 cm³/mol. The maximum atomic E-state index is 12.8. The Bertz CT molecular complexity index is 566. The van der Waals surface area contributed by atoms with E-state index in [9.17, 15) is 8.42 Å². The van der Waals surface area contributed by atoms with Crippen LogP contribution in [0.1, 0.15) is 31.3 Å². The van der Waals surface area contributed by atoms with Crippen molar-refractivity contribution in [3.63, 3.8) is 0 Å². The summed E-state index contributed by atoms with van der Waals surface area (Å²) in [6.45, 7) is 5.70. The molecule has 1 saturated heterocycles. The fraction of sp³-hybridized carbons (Fsp3) is 0.714. The van der Waals surface area contributed by atoms with Crippen LogP contribution in [0.2, 0.25) is 0 Å². The van der Waals surface area contributed by atoms with Crippen molar-refractivity contribution < 1.29 is 17.6 Å². The first kappa shape index (κ1) is 16.5. The van der Waals surface area contributed by atoms with Gasteiger partial charge in [0.15, 0.2) is 0 Å². The van der Waals surface area contributed by atoms with Crippen LogP contribution in [0, 0.1) is 6.92 Å². The molecule has 1 atom stereocenters. The first-order chi connectivity index (χ1) is 9.98. The van der Waals surface area contributed by atoms with E-state index in [0.717, 1.165) is 12.8 Å². The van der Waals surface area contributed by atoms with E-state index in [4.69, 9.17) is 9.15 Å². The van der Waals surface area contributed by atoms with E-state index in [1.54, 1.807) is 20.0 Å². The molecule has 1 aliphatic heterocycles. The van der Waals surface area contributed by atoms with Crippen molar-refractivity contribution in [2.24, 2.45) is 0 Å². The molecule has 0 amide bonds. The number of sulfonamides is 1. The van der Waals surface area contributed by atoms with Crippen LogP contribution in [0.5, 0.6) is 0 Å². The summed E-state index contributed by atoms with van der Waals surface area (Å²) in [6.07, 6.45) is 1.72. The standard InChI is InChI=1S/C14H24N2O4S/c1-4-19-12-6-5-7-16(10-12)21(17,18)14-8-13(9-15-3)20-11(14)2/h8,12,15H,4-7,9-10H2,1-3H3. The van der Waals surface area contributed by atoms with E-state index in [1.807, 2.05) is 6.92 Å². The van der Waals surface area contributed by atoms with Crippen molar-refractivity contribution in [1.29, 1.82) is 0 Å². The Balaban J connectivity index is 2.20. The van der Waals surface area contributed by atoms with Crippen LogP contribution in [0.3, 0.4) is 0 Å². The van der Waals surface area contributed by atoms with Gasteiger partial charge in [-0.3, -0.25) is 0 Å². The fourth-order valence-corrected chi connectivity index (χ4v) is 4.37. The molecule has 0 aliphatic carbocycles. The van der Waals surface area contributed by atoms with Gasteiger partial charge in [0.05, 0.1) is 12.6 Å². The van der Waals surface area contributed by atoms with Gasteiger partial charge in [-0.1, -0.05) is 0 Å². The van der Waals surface area contributed by atoms with Crippen LogP contribution in [-0.2, 0) is 21.3 Å². The lowest BCUT2D eigenvalue weighted by atomic mass is 10.1. The van der Waals surface area contributed by atoms with Gasteiger partial charge in [-0.15, -0.1) is 0 Å². The molecular formula is C14H24N2O4S. The third-order valence-electron chi connectivity index (χ3n) is 3.64. The van der Waals surface area contributed by atoms with Crippen molar-refractivity contribution >= 4 is 10.0 Å². The summed E-state index contributed by atoms with van der Waals surface area (Å²) >= 11 is 0. The highest BCUT2D eigenvalue weighted by atomic mass is 32.2. The molecule has 1 N–H and O–H groups in total. The van der Waals surface area contributed by atoms with Crippen molar-refractivity contribution in [2.45, 2.75) is 44.2 Å². The summed E-state index contributed by atoms with van der Waals surface area (Å²) in [4.78, 5) is 0.268. The molecule has 0 radical (unpaired) electrons. The molecule has 7 heteroatoms. The molecule has 1 aromatic rings. The van der Waals surface area contributed by atoms with Crippen molar-refractivity contribution in [3.8, 4) is 0 Å². The van der Waals surface area contributed by atoms with E-state index in [-0.39, 0.29) is 11.0 Å². The lowest BCUT2D eigenvalue weighted by molar-refractivity contribution is 0.0265. The van der Waals surface area contributed by atoms with Gasteiger partial charge in [-0.2, -0.15) is 4.31 Å². The van der Waals surface area contributed by atoms with Crippen LogP contribution in [0.15, 0.2) is 15.4 Å².